The standard InChI is InChI=1S/C22H23N5O2S/c23-16-19-7-4-8-20(15-19)29-13-14-30-22-25-24-21(26-9-11-28-12-10-26)27(22)17-18-5-2-1-3-6-18/h1-8,15H,9-14,17H2. The van der Waals surface area contributed by atoms with Crippen LogP contribution < -0.4 is 9.64 Å². The molecule has 1 aromatic heterocycles. The fourth-order valence-electron chi connectivity index (χ4n) is 3.24. The topological polar surface area (TPSA) is 76.2 Å². The Morgan fingerprint density at radius 1 is 1.07 bits per heavy atom. The van der Waals surface area contributed by atoms with E-state index < -0.39 is 0 Å². The van der Waals surface area contributed by atoms with Crippen molar-refractivity contribution in [1.82, 2.24) is 14.8 Å². The van der Waals surface area contributed by atoms with Crippen molar-refractivity contribution < 1.29 is 9.47 Å². The molecule has 0 radical (unpaired) electrons. The lowest BCUT2D eigenvalue weighted by Crippen LogP contribution is -2.38. The Morgan fingerprint density at radius 3 is 2.70 bits per heavy atom. The average Bonchev–Trinajstić information content (AvgIpc) is 3.20. The quantitative estimate of drug-likeness (QED) is 0.408. The van der Waals surface area contributed by atoms with Gasteiger partial charge in [-0.25, -0.2) is 0 Å². The molecule has 4 rings (SSSR count). The SMILES string of the molecule is N#Cc1cccc(OCCSc2nnc(N3CCOCC3)n2Cc2ccccc2)c1. The molecule has 0 saturated carbocycles. The Hall–Kier alpha value is -3.02. The molecule has 7 nitrogen and oxygen atoms in total. The zero-order chi connectivity index (χ0) is 20.6. The van der Waals surface area contributed by atoms with Crippen molar-refractivity contribution in [3.8, 4) is 11.8 Å². The third-order valence-electron chi connectivity index (χ3n) is 4.72. The van der Waals surface area contributed by atoms with Crippen molar-refractivity contribution in [1.29, 1.82) is 5.26 Å². The maximum absolute atomic E-state index is 9.00. The highest BCUT2D eigenvalue weighted by molar-refractivity contribution is 7.99. The predicted octanol–water partition coefficient (Wildman–Crippen LogP) is 3.21. The van der Waals surface area contributed by atoms with E-state index in [1.807, 2.05) is 30.3 Å². The molecule has 0 unspecified atom stereocenters. The molecule has 2 heterocycles. The van der Waals surface area contributed by atoms with Gasteiger partial charge < -0.3 is 14.4 Å². The van der Waals surface area contributed by atoms with Crippen LogP contribution in [0.5, 0.6) is 5.75 Å². The molecule has 0 aliphatic carbocycles. The number of thioether (sulfide) groups is 1. The number of aromatic nitrogens is 3. The number of hydrogen-bond donors (Lipinski definition) is 0. The summed E-state index contributed by atoms with van der Waals surface area (Å²) in [5, 5.41) is 18.8. The van der Waals surface area contributed by atoms with Crippen LogP contribution in [0.3, 0.4) is 0 Å². The van der Waals surface area contributed by atoms with E-state index in [1.165, 1.54) is 5.56 Å². The van der Waals surface area contributed by atoms with E-state index in [2.05, 4.69) is 37.9 Å². The van der Waals surface area contributed by atoms with E-state index in [0.717, 1.165) is 29.9 Å². The monoisotopic (exact) mass is 421 g/mol. The summed E-state index contributed by atoms with van der Waals surface area (Å²) in [4.78, 5) is 2.23. The predicted molar refractivity (Wildman–Crippen MR) is 116 cm³/mol. The van der Waals surface area contributed by atoms with Gasteiger partial charge in [0.15, 0.2) is 5.16 Å². The first-order valence-corrected chi connectivity index (χ1v) is 10.9. The number of anilines is 1. The molecule has 3 aromatic rings. The van der Waals surface area contributed by atoms with Crippen molar-refractivity contribution in [3.63, 3.8) is 0 Å². The number of rotatable bonds is 8. The van der Waals surface area contributed by atoms with Gasteiger partial charge in [-0.05, 0) is 23.8 Å². The minimum Gasteiger partial charge on any atom is -0.493 e. The molecule has 0 bridgehead atoms. The molecular formula is C22H23N5O2S. The molecule has 0 spiro atoms. The maximum atomic E-state index is 9.00. The number of morpholine rings is 1. The Kier molecular flexibility index (Phi) is 6.85. The van der Waals surface area contributed by atoms with Crippen molar-refractivity contribution in [2.75, 3.05) is 43.6 Å². The Balaban J connectivity index is 1.43. The van der Waals surface area contributed by atoms with Crippen LogP contribution in [0, 0.1) is 11.3 Å². The highest BCUT2D eigenvalue weighted by Crippen LogP contribution is 2.24. The molecule has 2 aromatic carbocycles. The maximum Gasteiger partial charge on any atom is 0.228 e. The van der Waals surface area contributed by atoms with E-state index in [4.69, 9.17) is 14.7 Å². The highest BCUT2D eigenvalue weighted by atomic mass is 32.2. The van der Waals surface area contributed by atoms with Crippen LogP contribution in [0.25, 0.3) is 0 Å². The van der Waals surface area contributed by atoms with E-state index in [0.29, 0.717) is 37.7 Å². The summed E-state index contributed by atoms with van der Waals surface area (Å²) in [6, 6.07) is 19.7. The number of ether oxygens (including phenoxy) is 2. The van der Waals surface area contributed by atoms with Gasteiger partial charge in [0.05, 0.1) is 38.0 Å². The number of nitriles is 1. The smallest absolute Gasteiger partial charge is 0.228 e. The average molecular weight is 422 g/mol. The molecule has 0 N–H and O–H groups in total. The lowest BCUT2D eigenvalue weighted by atomic mass is 10.2. The van der Waals surface area contributed by atoms with E-state index in [1.54, 1.807) is 23.9 Å². The van der Waals surface area contributed by atoms with Crippen molar-refractivity contribution in [2.45, 2.75) is 11.7 Å². The van der Waals surface area contributed by atoms with E-state index in [9.17, 15) is 0 Å². The fourth-order valence-corrected chi connectivity index (χ4v) is 3.99. The molecule has 1 saturated heterocycles. The molecule has 30 heavy (non-hydrogen) atoms. The lowest BCUT2D eigenvalue weighted by molar-refractivity contribution is 0.121. The fraction of sp³-hybridized carbons (Fsp3) is 0.318. The van der Waals surface area contributed by atoms with Crippen LogP contribution in [-0.4, -0.2) is 53.4 Å². The lowest BCUT2D eigenvalue weighted by Gasteiger charge is -2.28. The van der Waals surface area contributed by atoms with Gasteiger partial charge >= 0.3 is 0 Å². The molecule has 0 amide bonds. The summed E-state index contributed by atoms with van der Waals surface area (Å²) in [5.41, 5.74) is 1.80. The summed E-state index contributed by atoms with van der Waals surface area (Å²) in [6.07, 6.45) is 0. The Bertz CT molecular complexity index is 996. The molecule has 8 heteroatoms. The second-order valence-electron chi connectivity index (χ2n) is 6.79. The molecule has 1 fully saturated rings. The van der Waals surface area contributed by atoms with Crippen molar-refractivity contribution >= 4 is 17.7 Å². The molecule has 0 atom stereocenters. The van der Waals surface area contributed by atoms with Gasteiger partial charge in [0.25, 0.3) is 0 Å². The van der Waals surface area contributed by atoms with Crippen LogP contribution >= 0.6 is 11.8 Å². The summed E-state index contributed by atoms with van der Waals surface area (Å²) >= 11 is 1.62. The first-order chi connectivity index (χ1) is 14.8. The third kappa shape index (κ3) is 5.12. The van der Waals surface area contributed by atoms with Gasteiger partial charge in [-0.15, -0.1) is 10.2 Å². The highest BCUT2D eigenvalue weighted by Gasteiger charge is 2.20. The zero-order valence-electron chi connectivity index (χ0n) is 16.6. The minimum atomic E-state index is 0.518. The van der Waals surface area contributed by atoms with Crippen LogP contribution in [-0.2, 0) is 11.3 Å². The van der Waals surface area contributed by atoms with Gasteiger partial charge in [-0.1, -0.05) is 48.2 Å². The molecule has 1 aliphatic heterocycles. The number of hydrogen-bond acceptors (Lipinski definition) is 7. The first kappa shape index (κ1) is 20.3. The van der Waals surface area contributed by atoms with Crippen LogP contribution in [0.4, 0.5) is 5.95 Å². The second kappa shape index (κ2) is 10.1. The number of nitrogens with zero attached hydrogens (tertiary/aromatic N) is 5. The summed E-state index contributed by atoms with van der Waals surface area (Å²) in [6.45, 7) is 4.27. The Labute approximate surface area is 180 Å². The zero-order valence-corrected chi connectivity index (χ0v) is 17.4. The van der Waals surface area contributed by atoms with Gasteiger partial charge in [0.1, 0.15) is 5.75 Å². The van der Waals surface area contributed by atoms with Crippen molar-refractivity contribution in [2.24, 2.45) is 0 Å². The molecule has 154 valence electrons. The normalized spacial score (nSPS) is 13.8. The van der Waals surface area contributed by atoms with Crippen LogP contribution in [0.2, 0.25) is 0 Å². The van der Waals surface area contributed by atoms with E-state index >= 15 is 0 Å². The van der Waals surface area contributed by atoms with Gasteiger partial charge in [0.2, 0.25) is 5.95 Å². The third-order valence-corrected chi connectivity index (χ3v) is 5.65. The van der Waals surface area contributed by atoms with Crippen molar-refractivity contribution in [3.05, 3.63) is 65.7 Å². The minimum absolute atomic E-state index is 0.518. The van der Waals surface area contributed by atoms with Gasteiger partial charge in [0, 0.05) is 18.8 Å². The Morgan fingerprint density at radius 2 is 1.90 bits per heavy atom. The van der Waals surface area contributed by atoms with E-state index in [-0.39, 0.29) is 0 Å². The van der Waals surface area contributed by atoms with Gasteiger partial charge in [-0.3, -0.25) is 4.57 Å². The van der Waals surface area contributed by atoms with Gasteiger partial charge in [-0.2, -0.15) is 5.26 Å². The van der Waals surface area contributed by atoms with Crippen LogP contribution in [0.1, 0.15) is 11.1 Å². The largest absolute Gasteiger partial charge is 0.493 e. The molecule has 1 aliphatic rings. The number of benzene rings is 2. The summed E-state index contributed by atoms with van der Waals surface area (Å²) in [5.74, 6) is 2.31. The van der Waals surface area contributed by atoms with Crippen LogP contribution in [0.15, 0.2) is 59.8 Å². The summed E-state index contributed by atoms with van der Waals surface area (Å²) < 4.78 is 13.4. The molecular weight excluding hydrogens is 398 g/mol. The second-order valence-corrected chi connectivity index (χ2v) is 7.85. The summed E-state index contributed by atoms with van der Waals surface area (Å²) in [7, 11) is 0. The first-order valence-electron chi connectivity index (χ1n) is 9.89.